The SMILES string of the molecule is CN(Cc1nccn1C)C(=O)C1CCC2CCCCC2N1. The van der Waals surface area contributed by atoms with Gasteiger partial charge in [-0.1, -0.05) is 12.8 Å². The van der Waals surface area contributed by atoms with Crippen LogP contribution in [0.1, 0.15) is 44.3 Å². The van der Waals surface area contributed by atoms with Gasteiger partial charge >= 0.3 is 0 Å². The summed E-state index contributed by atoms with van der Waals surface area (Å²) in [4.78, 5) is 18.7. The number of amides is 1. The van der Waals surface area contributed by atoms with Gasteiger partial charge in [0.15, 0.2) is 0 Å². The van der Waals surface area contributed by atoms with Crippen LogP contribution in [0.2, 0.25) is 0 Å². The minimum atomic E-state index is -0.00498. The number of fused-ring (bicyclic) bond motifs is 1. The van der Waals surface area contributed by atoms with Gasteiger partial charge in [-0.3, -0.25) is 4.79 Å². The number of aryl methyl sites for hydroxylation is 1. The van der Waals surface area contributed by atoms with E-state index in [0.717, 1.165) is 18.2 Å². The second-order valence-electron chi connectivity index (χ2n) is 6.60. The zero-order valence-electron chi connectivity index (χ0n) is 13.1. The maximum Gasteiger partial charge on any atom is 0.239 e. The zero-order chi connectivity index (χ0) is 14.8. The van der Waals surface area contributed by atoms with Crippen LogP contribution >= 0.6 is 0 Å². The molecule has 5 heteroatoms. The minimum Gasteiger partial charge on any atom is -0.337 e. The number of imidazole rings is 1. The standard InChI is InChI=1S/C16H26N4O/c1-19-10-9-17-15(19)11-20(2)16(21)14-8-7-12-5-3-4-6-13(12)18-14/h9-10,12-14,18H,3-8,11H2,1-2H3. The van der Waals surface area contributed by atoms with E-state index in [4.69, 9.17) is 0 Å². The molecule has 0 radical (unpaired) electrons. The van der Waals surface area contributed by atoms with E-state index in [1.807, 2.05) is 29.8 Å². The highest BCUT2D eigenvalue weighted by atomic mass is 16.2. The molecule has 3 rings (SSSR count). The van der Waals surface area contributed by atoms with Crippen molar-refractivity contribution >= 4 is 5.91 Å². The molecule has 0 spiro atoms. The van der Waals surface area contributed by atoms with Crippen LogP contribution in [0.5, 0.6) is 0 Å². The van der Waals surface area contributed by atoms with E-state index in [2.05, 4.69) is 10.3 Å². The van der Waals surface area contributed by atoms with Crippen LogP contribution in [0, 0.1) is 5.92 Å². The van der Waals surface area contributed by atoms with Gasteiger partial charge in [-0.2, -0.15) is 0 Å². The van der Waals surface area contributed by atoms with Gasteiger partial charge in [-0.05, 0) is 31.6 Å². The number of rotatable bonds is 3. The highest BCUT2D eigenvalue weighted by Gasteiger charge is 2.35. The average molecular weight is 290 g/mol. The molecule has 1 aliphatic carbocycles. The Kier molecular flexibility index (Phi) is 4.29. The number of hydrogen-bond donors (Lipinski definition) is 1. The summed E-state index contributed by atoms with van der Waals surface area (Å²) in [6, 6.07) is 0.553. The molecule has 1 saturated heterocycles. The topological polar surface area (TPSA) is 50.2 Å². The van der Waals surface area contributed by atoms with Gasteiger partial charge < -0.3 is 14.8 Å². The van der Waals surface area contributed by atoms with Crippen molar-refractivity contribution in [3.8, 4) is 0 Å². The summed E-state index contributed by atoms with van der Waals surface area (Å²) < 4.78 is 1.97. The van der Waals surface area contributed by atoms with Crippen molar-refractivity contribution in [3.05, 3.63) is 18.2 Å². The fraction of sp³-hybridized carbons (Fsp3) is 0.750. The second kappa shape index (κ2) is 6.18. The van der Waals surface area contributed by atoms with Gasteiger partial charge in [0.2, 0.25) is 5.91 Å². The maximum absolute atomic E-state index is 12.6. The summed E-state index contributed by atoms with van der Waals surface area (Å²) in [5.74, 6) is 1.93. The van der Waals surface area contributed by atoms with E-state index in [0.29, 0.717) is 12.6 Å². The maximum atomic E-state index is 12.6. The third-order valence-corrected chi connectivity index (χ3v) is 5.12. The van der Waals surface area contributed by atoms with Crippen molar-refractivity contribution in [2.24, 2.45) is 13.0 Å². The number of nitrogens with zero attached hydrogens (tertiary/aromatic N) is 3. The van der Waals surface area contributed by atoms with Gasteiger partial charge in [0.1, 0.15) is 5.82 Å². The molecule has 1 aromatic heterocycles. The van der Waals surface area contributed by atoms with Gasteiger partial charge in [-0.15, -0.1) is 0 Å². The first-order valence-electron chi connectivity index (χ1n) is 8.12. The van der Waals surface area contributed by atoms with E-state index in [1.54, 1.807) is 6.20 Å². The van der Waals surface area contributed by atoms with Crippen molar-refractivity contribution in [1.82, 2.24) is 19.8 Å². The molecule has 5 nitrogen and oxygen atoms in total. The number of nitrogens with one attached hydrogen (secondary N) is 1. The highest BCUT2D eigenvalue weighted by molar-refractivity contribution is 5.81. The molecule has 1 saturated carbocycles. The largest absolute Gasteiger partial charge is 0.337 e. The monoisotopic (exact) mass is 290 g/mol. The molecular weight excluding hydrogens is 264 g/mol. The van der Waals surface area contributed by atoms with Crippen molar-refractivity contribution in [2.75, 3.05) is 7.05 Å². The molecule has 21 heavy (non-hydrogen) atoms. The molecule has 3 unspecified atom stereocenters. The lowest BCUT2D eigenvalue weighted by atomic mass is 9.77. The lowest BCUT2D eigenvalue weighted by molar-refractivity contribution is -0.134. The summed E-state index contributed by atoms with van der Waals surface area (Å²) in [6.45, 7) is 0.578. The fourth-order valence-electron chi connectivity index (χ4n) is 3.79. The minimum absolute atomic E-state index is 0.00498. The molecule has 0 aromatic carbocycles. The first kappa shape index (κ1) is 14.6. The van der Waals surface area contributed by atoms with Crippen molar-refractivity contribution < 1.29 is 4.79 Å². The van der Waals surface area contributed by atoms with E-state index in [-0.39, 0.29) is 11.9 Å². The summed E-state index contributed by atoms with van der Waals surface area (Å²) in [7, 11) is 3.85. The average Bonchev–Trinajstić information content (AvgIpc) is 2.91. The molecule has 1 N–H and O–H groups in total. The van der Waals surface area contributed by atoms with Gasteiger partial charge in [0.25, 0.3) is 0 Å². The molecule has 3 atom stereocenters. The molecule has 1 aliphatic heterocycles. The van der Waals surface area contributed by atoms with Crippen molar-refractivity contribution in [2.45, 2.75) is 57.2 Å². The normalized spacial score (nSPS) is 29.0. The quantitative estimate of drug-likeness (QED) is 0.921. The Hall–Kier alpha value is -1.36. The van der Waals surface area contributed by atoms with Gasteiger partial charge in [-0.25, -0.2) is 4.98 Å². The number of carbonyl (C=O) groups is 1. The van der Waals surface area contributed by atoms with E-state index < -0.39 is 0 Å². The molecule has 2 fully saturated rings. The van der Waals surface area contributed by atoms with E-state index in [9.17, 15) is 4.79 Å². The van der Waals surface area contributed by atoms with Crippen LogP contribution in [0.25, 0.3) is 0 Å². The van der Waals surface area contributed by atoms with Crippen LogP contribution in [0.3, 0.4) is 0 Å². The molecule has 1 amide bonds. The van der Waals surface area contributed by atoms with Crippen molar-refractivity contribution in [1.29, 1.82) is 0 Å². The first-order valence-corrected chi connectivity index (χ1v) is 8.12. The van der Waals surface area contributed by atoms with Crippen molar-refractivity contribution in [3.63, 3.8) is 0 Å². The fourth-order valence-corrected chi connectivity index (χ4v) is 3.79. The smallest absolute Gasteiger partial charge is 0.239 e. The number of aromatic nitrogens is 2. The Morgan fingerprint density at radius 3 is 2.95 bits per heavy atom. The van der Waals surface area contributed by atoms with Crippen LogP contribution in [-0.4, -0.2) is 39.5 Å². The van der Waals surface area contributed by atoms with Crippen LogP contribution in [0.15, 0.2) is 12.4 Å². The molecule has 116 valence electrons. The summed E-state index contributed by atoms with van der Waals surface area (Å²) in [5, 5.41) is 3.61. The van der Waals surface area contributed by atoms with E-state index >= 15 is 0 Å². The zero-order valence-corrected chi connectivity index (χ0v) is 13.1. The van der Waals surface area contributed by atoms with Crippen LogP contribution in [0.4, 0.5) is 0 Å². The third-order valence-electron chi connectivity index (χ3n) is 5.12. The predicted octanol–water partition coefficient (Wildman–Crippen LogP) is 1.69. The lowest BCUT2D eigenvalue weighted by Gasteiger charge is -2.40. The first-order chi connectivity index (χ1) is 10.1. The predicted molar refractivity (Wildman–Crippen MR) is 81.6 cm³/mol. The van der Waals surface area contributed by atoms with Gasteiger partial charge in [0.05, 0.1) is 12.6 Å². The highest BCUT2D eigenvalue weighted by Crippen LogP contribution is 2.32. The van der Waals surface area contributed by atoms with E-state index in [1.165, 1.54) is 32.1 Å². The van der Waals surface area contributed by atoms with Crippen LogP contribution in [-0.2, 0) is 18.4 Å². The number of likely N-dealkylation sites (N-methyl/N-ethyl adjacent to an activating group) is 1. The molecule has 2 heterocycles. The number of carbonyl (C=O) groups excluding carboxylic acids is 1. The summed E-state index contributed by atoms with van der Waals surface area (Å²) >= 11 is 0. The Bertz CT molecular complexity index is 498. The number of piperidine rings is 1. The molecule has 1 aromatic rings. The molecular formula is C16H26N4O. The molecule has 0 bridgehead atoms. The Morgan fingerprint density at radius 1 is 1.38 bits per heavy atom. The summed E-state index contributed by atoms with van der Waals surface area (Å²) in [6.07, 6.45) is 11.1. The molecule has 2 aliphatic rings. The van der Waals surface area contributed by atoms with Gasteiger partial charge in [0, 0.05) is 32.5 Å². The lowest BCUT2D eigenvalue weighted by Crippen LogP contribution is -2.55. The Balaban J connectivity index is 1.58. The third kappa shape index (κ3) is 3.12. The Labute approximate surface area is 126 Å². The Morgan fingerprint density at radius 2 is 2.19 bits per heavy atom. The number of hydrogen-bond acceptors (Lipinski definition) is 3. The van der Waals surface area contributed by atoms with Crippen LogP contribution < -0.4 is 5.32 Å². The second-order valence-corrected chi connectivity index (χ2v) is 6.60. The summed E-state index contributed by atoms with van der Waals surface area (Å²) in [5.41, 5.74) is 0.